The Morgan fingerprint density at radius 3 is 2.15 bits per heavy atom. The Labute approximate surface area is 520 Å². The summed E-state index contributed by atoms with van der Waals surface area (Å²) in [5, 5.41) is 28.4. The molecule has 6 unspecified atom stereocenters. The van der Waals surface area contributed by atoms with E-state index in [0.29, 0.717) is 50.8 Å². The highest BCUT2D eigenvalue weighted by Gasteiger charge is 2.72. The van der Waals surface area contributed by atoms with Crippen LogP contribution in [0.25, 0.3) is 0 Å². The van der Waals surface area contributed by atoms with Crippen molar-refractivity contribution in [1.82, 2.24) is 47.0 Å². The summed E-state index contributed by atoms with van der Waals surface area (Å²) in [6, 6.07) is 6.22. The van der Waals surface area contributed by atoms with Crippen LogP contribution in [0.4, 0.5) is 9.59 Å². The van der Waals surface area contributed by atoms with E-state index in [4.69, 9.17) is 23.7 Å². The minimum Gasteiger partial charge on any atom is -0.447 e. The van der Waals surface area contributed by atoms with Gasteiger partial charge in [-0.3, -0.25) is 43.8 Å². The number of epoxide rings is 2. The van der Waals surface area contributed by atoms with Crippen LogP contribution in [-0.2, 0) is 63.7 Å². The summed E-state index contributed by atoms with van der Waals surface area (Å²) in [4.78, 5) is 125. The maximum Gasteiger partial charge on any atom is 0.413 e. The molecule has 0 radical (unpaired) electrons. The highest BCUT2D eigenvalue weighted by molar-refractivity contribution is 5.95. The fourth-order valence-electron chi connectivity index (χ4n) is 12.5. The molecule has 1 aromatic carbocycles. The number of allylic oxidation sites excluding steroid dienone is 1. The van der Waals surface area contributed by atoms with Gasteiger partial charge in [-0.15, -0.1) is 0 Å². The molecule has 5 rings (SSSR count). The maximum absolute atomic E-state index is 14.1. The van der Waals surface area contributed by atoms with E-state index in [1.54, 1.807) is 69.0 Å². The maximum atomic E-state index is 14.1. The van der Waals surface area contributed by atoms with E-state index < -0.39 is 114 Å². The van der Waals surface area contributed by atoms with Gasteiger partial charge in [0.05, 0.1) is 50.4 Å². The Bertz CT molecular complexity index is 2590. The zero-order chi connectivity index (χ0) is 65.3. The van der Waals surface area contributed by atoms with Gasteiger partial charge >= 0.3 is 12.2 Å². The molecule has 9 amide bonds. The molecule has 494 valence electrons. The van der Waals surface area contributed by atoms with E-state index >= 15 is 0 Å². The van der Waals surface area contributed by atoms with E-state index in [0.717, 1.165) is 6.42 Å². The van der Waals surface area contributed by atoms with Gasteiger partial charge in [-0.1, -0.05) is 97.4 Å². The van der Waals surface area contributed by atoms with Crippen LogP contribution in [-0.4, -0.2) is 195 Å². The number of hydrogen-bond donors (Lipinski definition) is 8. The standard InChI is InChI=1S/C64H103N9O15/c1-39(2)22-23-49-63(12,88-49)54-53(84-14)48(24-25-64(54)38-86-64)87-60(83)73-27-18-21-45(73)36-85-59(82)71-52(77)35-72(13)28-26-65-50(75)33-66-55(78)46(29-40(3)4)70-56(79)47(30-44-19-16-15-17-20-44)69-51(76)34-68-58(81)62(11,42(7)8)37-61(10,31-41(5)6)57(80)67-32-43(9)74/h15-17,19-20,22,40-43,45-49,53-54,74H,18,21,23-38H2,1-14H3,(H,65,75)(H,66,78)(H,67,80)(H,68,81)(H,69,76)(H,70,79)(H,71,77,82)/t43?,45-,46-,47-,48?,49+,53?,54?,61?,62?,63+,64-/m0/s1. The quantitative estimate of drug-likeness (QED) is 0.0364. The topological polar surface area (TPSA) is 317 Å². The number of alkyl carbamates (subject to hydrolysis) is 1. The molecule has 24 nitrogen and oxygen atoms in total. The first-order valence-electron chi connectivity index (χ1n) is 31.4. The molecule has 1 aromatic rings. The van der Waals surface area contributed by atoms with Crippen molar-refractivity contribution in [1.29, 1.82) is 0 Å². The third-order valence-electron chi connectivity index (χ3n) is 17.6. The van der Waals surface area contributed by atoms with Crippen molar-refractivity contribution in [3.63, 3.8) is 0 Å². The molecule has 3 saturated heterocycles. The Balaban J connectivity index is 1.05. The second-order valence-electron chi connectivity index (χ2n) is 26.9. The zero-order valence-corrected chi connectivity index (χ0v) is 54.6. The van der Waals surface area contributed by atoms with Crippen molar-refractivity contribution >= 4 is 53.5 Å². The minimum absolute atomic E-state index is 0.00306. The number of rotatable bonds is 33. The van der Waals surface area contributed by atoms with Gasteiger partial charge in [-0.05, 0) is 109 Å². The molecule has 24 heteroatoms. The lowest BCUT2D eigenvalue weighted by molar-refractivity contribution is -0.142. The second kappa shape index (κ2) is 32.5. The number of imide groups is 1. The van der Waals surface area contributed by atoms with Crippen LogP contribution in [0.1, 0.15) is 140 Å². The number of likely N-dealkylation sites (N-methyl/N-ethyl adjacent to an activating group) is 1. The first kappa shape index (κ1) is 72.5. The van der Waals surface area contributed by atoms with Crippen LogP contribution in [0.15, 0.2) is 42.0 Å². The normalized spacial score (nSPS) is 24.4. The number of hydrogen-bond acceptors (Lipinski definition) is 16. The van der Waals surface area contributed by atoms with Crippen molar-refractivity contribution in [2.24, 2.45) is 34.5 Å². The lowest BCUT2D eigenvalue weighted by Gasteiger charge is -2.43. The number of nitrogens with zero attached hydrogens (tertiary/aromatic N) is 2. The first-order valence-corrected chi connectivity index (χ1v) is 31.4. The Kier molecular flexibility index (Phi) is 26.8. The predicted octanol–water partition coefficient (Wildman–Crippen LogP) is 4.06. The van der Waals surface area contributed by atoms with Crippen molar-refractivity contribution in [2.75, 3.05) is 73.2 Å². The zero-order valence-electron chi connectivity index (χ0n) is 54.6. The van der Waals surface area contributed by atoms with Gasteiger partial charge in [0.25, 0.3) is 0 Å². The summed E-state index contributed by atoms with van der Waals surface area (Å²) in [6.07, 6.45) is 3.06. The monoisotopic (exact) mass is 1240 g/mol. The third-order valence-corrected chi connectivity index (χ3v) is 17.6. The molecule has 3 aliphatic heterocycles. The fourth-order valence-corrected chi connectivity index (χ4v) is 12.5. The largest absolute Gasteiger partial charge is 0.447 e. The molecule has 0 aromatic heterocycles. The fraction of sp³-hybridized carbons (Fsp3) is 0.734. The van der Waals surface area contributed by atoms with E-state index in [9.17, 15) is 48.3 Å². The lowest BCUT2D eigenvalue weighted by atomic mass is 9.64. The smallest absolute Gasteiger partial charge is 0.413 e. The molecular weight excluding hydrogens is 1130 g/mol. The van der Waals surface area contributed by atoms with Gasteiger partial charge in [-0.2, -0.15) is 0 Å². The van der Waals surface area contributed by atoms with E-state index in [2.05, 4.69) is 64.1 Å². The first-order chi connectivity index (χ1) is 41.3. The Morgan fingerprint density at radius 2 is 1.53 bits per heavy atom. The van der Waals surface area contributed by atoms with Crippen LogP contribution in [0, 0.1) is 34.5 Å². The molecular formula is C64H103N9O15. The number of ether oxygens (including phenoxy) is 5. The Hall–Kier alpha value is -6.21. The van der Waals surface area contributed by atoms with Crippen LogP contribution in [0.2, 0.25) is 0 Å². The molecule has 88 heavy (non-hydrogen) atoms. The summed E-state index contributed by atoms with van der Waals surface area (Å²) >= 11 is 0. The van der Waals surface area contributed by atoms with Crippen molar-refractivity contribution in [3.8, 4) is 0 Å². The molecule has 12 atom stereocenters. The van der Waals surface area contributed by atoms with Crippen LogP contribution in [0.5, 0.6) is 0 Å². The molecule has 8 N–H and O–H groups in total. The summed E-state index contributed by atoms with van der Waals surface area (Å²) in [5.41, 5.74) is -1.03. The number of amides is 9. The molecule has 4 aliphatic rings. The number of methoxy groups -OCH3 is 1. The summed E-state index contributed by atoms with van der Waals surface area (Å²) < 4.78 is 30.0. The number of benzene rings is 1. The van der Waals surface area contributed by atoms with Crippen LogP contribution < -0.4 is 37.2 Å². The van der Waals surface area contributed by atoms with Gasteiger partial charge in [-0.25, -0.2) is 9.59 Å². The SMILES string of the molecule is COC1C(OC(=O)N2CCC[C@H]2COC(=O)NC(=O)CN(C)CCNC(=O)CNC(=O)[C@H](CC(C)C)NC(=O)[C@H](Cc2ccccc2)NC(=O)CNC(=O)C(C)(CC(C)(CC(C)C)C(=O)NCC(C)O)C(C)C)CC[C@]2(CO2)C1[C@]1(C)O[C@@H]1CC=C(C)C. The van der Waals surface area contributed by atoms with Crippen molar-refractivity contribution in [3.05, 3.63) is 47.5 Å². The predicted molar refractivity (Wildman–Crippen MR) is 329 cm³/mol. The van der Waals surface area contributed by atoms with E-state index in [1.165, 1.54) is 5.57 Å². The van der Waals surface area contributed by atoms with Gasteiger partial charge in [0, 0.05) is 50.5 Å². The highest BCUT2D eigenvalue weighted by Crippen LogP contribution is 2.60. The lowest BCUT2D eigenvalue weighted by Crippen LogP contribution is -2.56. The van der Waals surface area contributed by atoms with Gasteiger partial charge in [0.2, 0.25) is 41.4 Å². The molecule has 0 bridgehead atoms. The average molecular weight is 1240 g/mol. The number of aliphatic hydroxyl groups excluding tert-OH is 1. The number of carbonyl (C=O) groups excluding carboxylic acids is 9. The van der Waals surface area contributed by atoms with Crippen molar-refractivity contribution < 1.29 is 71.9 Å². The van der Waals surface area contributed by atoms with Gasteiger partial charge in [0.15, 0.2) is 0 Å². The van der Waals surface area contributed by atoms with E-state index in [-0.39, 0.29) is 93.3 Å². The summed E-state index contributed by atoms with van der Waals surface area (Å²) in [5.74, 6) is -4.26. The summed E-state index contributed by atoms with van der Waals surface area (Å²) in [6.45, 7) is 22.8. The van der Waals surface area contributed by atoms with Gasteiger partial charge < -0.3 is 65.6 Å². The Morgan fingerprint density at radius 1 is 0.852 bits per heavy atom. The molecule has 3 heterocycles. The molecule has 1 spiro atoms. The number of carbonyl (C=O) groups is 9. The summed E-state index contributed by atoms with van der Waals surface area (Å²) in [7, 11) is 3.23. The molecule has 1 aliphatic carbocycles. The van der Waals surface area contributed by atoms with Crippen LogP contribution >= 0.6 is 0 Å². The van der Waals surface area contributed by atoms with Crippen molar-refractivity contribution in [2.45, 2.75) is 195 Å². The molecule has 4 fully saturated rings. The highest BCUT2D eigenvalue weighted by atomic mass is 16.6. The minimum atomic E-state index is -1.18. The number of nitrogens with one attached hydrogen (secondary N) is 7. The third kappa shape index (κ3) is 20.9. The van der Waals surface area contributed by atoms with E-state index in [1.807, 2.05) is 47.6 Å². The molecule has 1 saturated carbocycles. The van der Waals surface area contributed by atoms with Gasteiger partial charge in [0.1, 0.15) is 42.1 Å². The second-order valence-corrected chi connectivity index (χ2v) is 26.9. The average Bonchev–Trinajstić information content (AvgIpc) is 1.55. The number of likely N-dealkylation sites (tertiary alicyclic amines) is 1. The van der Waals surface area contributed by atoms with Crippen LogP contribution in [0.3, 0.4) is 0 Å². The number of aliphatic hydroxyl groups is 1.